The summed E-state index contributed by atoms with van der Waals surface area (Å²) in [7, 11) is 0. The summed E-state index contributed by atoms with van der Waals surface area (Å²) in [6.07, 6.45) is -3.92. The number of benzene rings is 3. The number of hydrogen-bond donors (Lipinski definition) is 2. The smallest absolute Gasteiger partial charge is 0.326 e. The second-order valence-corrected chi connectivity index (χ2v) is 8.56. The van der Waals surface area contributed by atoms with Crippen molar-refractivity contribution in [1.29, 1.82) is 0 Å². The Hall–Kier alpha value is -3.26. The number of alkyl halides is 3. The quantitative estimate of drug-likeness (QED) is 0.373. The SMILES string of the molecule is CCC(Sc1cccc(NC(=O)Cc2ccccc2)c1)C(=O)Nc1ccccc1C(F)(F)F. The molecule has 0 bridgehead atoms. The second-order valence-electron chi connectivity index (χ2n) is 7.29. The van der Waals surface area contributed by atoms with Gasteiger partial charge in [0.15, 0.2) is 0 Å². The molecule has 0 fully saturated rings. The lowest BCUT2D eigenvalue weighted by atomic mass is 10.1. The number of para-hydroxylation sites is 1. The van der Waals surface area contributed by atoms with Crippen molar-refractivity contribution in [3.05, 3.63) is 90.0 Å². The van der Waals surface area contributed by atoms with Crippen LogP contribution in [0.25, 0.3) is 0 Å². The van der Waals surface area contributed by atoms with E-state index in [1.807, 2.05) is 30.3 Å². The van der Waals surface area contributed by atoms with Crippen LogP contribution in [0.4, 0.5) is 24.5 Å². The van der Waals surface area contributed by atoms with Crippen LogP contribution in [0.3, 0.4) is 0 Å². The van der Waals surface area contributed by atoms with Crippen LogP contribution in [0.15, 0.2) is 83.8 Å². The van der Waals surface area contributed by atoms with Crippen LogP contribution < -0.4 is 10.6 Å². The van der Waals surface area contributed by atoms with Gasteiger partial charge in [0.1, 0.15) is 0 Å². The van der Waals surface area contributed by atoms with Gasteiger partial charge in [-0.05, 0) is 42.3 Å². The van der Waals surface area contributed by atoms with Crippen LogP contribution in [-0.2, 0) is 22.2 Å². The fourth-order valence-corrected chi connectivity index (χ4v) is 4.19. The predicted octanol–water partition coefficient (Wildman–Crippen LogP) is 6.40. The summed E-state index contributed by atoms with van der Waals surface area (Å²) in [5.74, 6) is -0.686. The van der Waals surface area contributed by atoms with E-state index in [9.17, 15) is 22.8 Å². The van der Waals surface area contributed by atoms with Crippen molar-refractivity contribution in [2.75, 3.05) is 10.6 Å². The molecule has 33 heavy (non-hydrogen) atoms. The number of halogens is 3. The highest BCUT2D eigenvalue weighted by atomic mass is 32.2. The Balaban J connectivity index is 1.66. The van der Waals surface area contributed by atoms with Crippen molar-refractivity contribution in [3.63, 3.8) is 0 Å². The normalized spacial score (nSPS) is 12.1. The number of nitrogens with one attached hydrogen (secondary N) is 2. The summed E-state index contributed by atoms with van der Waals surface area (Å²) >= 11 is 1.23. The molecule has 0 aliphatic carbocycles. The van der Waals surface area contributed by atoms with Crippen LogP contribution >= 0.6 is 11.8 Å². The first-order valence-electron chi connectivity index (χ1n) is 10.3. The molecule has 0 radical (unpaired) electrons. The van der Waals surface area contributed by atoms with Crippen molar-refractivity contribution >= 4 is 35.0 Å². The monoisotopic (exact) mass is 472 g/mol. The average molecular weight is 473 g/mol. The van der Waals surface area contributed by atoms with Gasteiger partial charge in [0.2, 0.25) is 11.8 Å². The molecule has 0 saturated heterocycles. The van der Waals surface area contributed by atoms with Crippen LogP contribution in [0, 0.1) is 0 Å². The Morgan fingerprint density at radius 2 is 1.61 bits per heavy atom. The first kappa shape index (κ1) is 24.4. The Labute approximate surface area is 194 Å². The number of amides is 2. The molecule has 0 heterocycles. The van der Waals surface area contributed by atoms with Crippen molar-refractivity contribution in [2.45, 2.75) is 36.1 Å². The van der Waals surface area contributed by atoms with E-state index in [-0.39, 0.29) is 18.0 Å². The Morgan fingerprint density at radius 1 is 0.909 bits per heavy atom. The second kappa shape index (κ2) is 11.0. The van der Waals surface area contributed by atoms with E-state index in [0.717, 1.165) is 16.5 Å². The molecule has 0 aliphatic heterocycles. The molecule has 1 atom stereocenters. The molecule has 4 nitrogen and oxygen atoms in total. The molecule has 2 amide bonds. The first-order chi connectivity index (χ1) is 15.8. The van der Waals surface area contributed by atoms with Gasteiger partial charge in [-0.1, -0.05) is 55.5 Å². The van der Waals surface area contributed by atoms with Crippen molar-refractivity contribution in [3.8, 4) is 0 Å². The van der Waals surface area contributed by atoms with Crippen LogP contribution in [-0.4, -0.2) is 17.1 Å². The lowest BCUT2D eigenvalue weighted by Gasteiger charge is -2.18. The lowest BCUT2D eigenvalue weighted by Crippen LogP contribution is -2.26. The largest absolute Gasteiger partial charge is 0.418 e. The maximum Gasteiger partial charge on any atom is 0.418 e. The standard InChI is InChI=1S/C25H23F3N2O2S/c1-2-22(24(32)30-21-14-7-6-13-20(21)25(26,27)28)33-19-12-8-11-18(16-19)29-23(31)15-17-9-4-3-5-10-17/h3-14,16,22H,2,15H2,1H3,(H,29,31)(H,30,32). The van der Waals surface area contributed by atoms with Gasteiger partial charge < -0.3 is 10.6 Å². The van der Waals surface area contributed by atoms with Crippen LogP contribution in [0.5, 0.6) is 0 Å². The summed E-state index contributed by atoms with van der Waals surface area (Å²) in [6.45, 7) is 1.79. The van der Waals surface area contributed by atoms with Gasteiger partial charge >= 0.3 is 6.18 Å². The van der Waals surface area contributed by atoms with Crippen molar-refractivity contribution in [1.82, 2.24) is 0 Å². The highest BCUT2D eigenvalue weighted by Crippen LogP contribution is 2.35. The molecular weight excluding hydrogens is 449 g/mol. The molecule has 172 valence electrons. The summed E-state index contributed by atoms with van der Waals surface area (Å²) < 4.78 is 39.7. The summed E-state index contributed by atoms with van der Waals surface area (Å²) in [4.78, 5) is 25.8. The van der Waals surface area contributed by atoms with E-state index in [2.05, 4.69) is 10.6 Å². The van der Waals surface area contributed by atoms with Gasteiger partial charge in [-0.2, -0.15) is 13.2 Å². The Kier molecular flexibility index (Phi) is 8.16. The van der Waals surface area contributed by atoms with E-state index in [4.69, 9.17) is 0 Å². The van der Waals surface area contributed by atoms with Gasteiger partial charge in [0, 0.05) is 10.6 Å². The maximum atomic E-state index is 13.2. The summed E-state index contributed by atoms with van der Waals surface area (Å²) in [6, 6.07) is 21.3. The minimum Gasteiger partial charge on any atom is -0.326 e. The molecule has 3 aromatic carbocycles. The van der Waals surface area contributed by atoms with E-state index in [0.29, 0.717) is 12.1 Å². The van der Waals surface area contributed by atoms with E-state index < -0.39 is 22.9 Å². The number of carbonyl (C=O) groups excluding carboxylic acids is 2. The average Bonchev–Trinajstić information content (AvgIpc) is 2.78. The van der Waals surface area contributed by atoms with Crippen LogP contribution in [0.2, 0.25) is 0 Å². The summed E-state index contributed by atoms with van der Waals surface area (Å²) in [5.41, 5.74) is 0.318. The highest BCUT2D eigenvalue weighted by Gasteiger charge is 2.34. The highest BCUT2D eigenvalue weighted by molar-refractivity contribution is 8.00. The number of thioether (sulfide) groups is 1. The predicted molar refractivity (Wildman–Crippen MR) is 125 cm³/mol. The van der Waals surface area contributed by atoms with Gasteiger partial charge in [-0.3, -0.25) is 9.59 Å². The molecule has 8 heteroatoms. The van der Waals surface area contributed by atoms with Crippen molar-refractivity contribution in [2.24, 2.45) is 0 Å². The van der Waals surface area contributed by atoms with Gasteiger partial charge in [-0.25, -0.2) is 0 Å². The number of anilines is 2. The van der Waals surface area contributed by atoms with Gasteiger partial charge in [-0.15, -0.1) is 11.8 Å². The third-order valence-electron chi connectivity index (χ3n) is 4.76. The molecule has 2 N–H and O–H groups in total. The fourth-order valence-electron chi connectivity index (χ4n) is 3.17. The Morgan fingerprint density at radius 3 is 2.30 bits per heavy atom. The van der Waals surface area contributed by atoms with Crippen molar-refractivity contribution < 1.29 is 22.8 Å². The fraction of sp³-hybridized carbons (Fsp3) is 0.200. The molecule has 0 saturated carbocycles. The van der Waals surface area contributed by atoms with E-state index in [1.54, 1.807) is 31.2 Å². The molecule has 0 spiro atoms. The third-order valence-corrected chi connectivity index (χ3v) is 6.12. The minimum atomic E-state index is -4.56. The zero-order valence-electron chi connectivity index (χ0n) is 17.9. The molecule has 0 aromatic heterocycles. The number of hydrogen-bond acceptors (Lipinski definition) is 3. The lowest BCUT2D eigenvalue weighted by molar-refractivity contribution is -0.137. The molecule has 3 rings (SSSR count). The molecule has 0 aliphatic rings. The van der Waals surface area contributed by atoms with Gasteiger partial charge in [0.05, 0.1) is 22.9 Å². The van der Waals surface area contributed by atoms with Gasteiger partial charge in [0.25, 0.3) is 0 Å². The first-order valence-corrected chi connectivity index (χ1v) is 11.2. The maximum absolute atomic E-state index is 13.2. The number of rotatable bonds is 8. The zero-order valence-corrected chi connectivity index (χ0v) is 18.7. The Bertz CT molecular complexity index is 1100. The summed E-state index contributed by atoms with van der Waals surface area (Å²) in [5, 5.41) is 4.64. The zero-order chi connectivity index (χ0) is 23.8. The third kappa shape index (κ3) is 7.12. The number of carbonyl (C=O) groups is 2. The molecule has 1 unspecified atom stereocenters. The molecule has 3 aromatic rings. The van der Waals surface area contributed by atoms with Crippen LogP contribution in [0.1, 0.15) is 24.5 Å². The van der Waals surface area contributed by atoms with E-state index in [1.165, 1.54) is 30.0 Å². The van der Waals surface area contributed by atoms with E-state index >= 15 is 0 Å². The molecular formula is C25H23F3N2O2S. The topological polar surface area (TPSA) is 58.2 Å². The minimum absolute atomic E-state index is 0.170.